The van der Waals surface area contributed by atoms with Gasteiger partial charge in [0.05, 0.1) is 6.26 Å². The minimum Gasteiger partial charge on any atom is -0.356 e. The maximum atomic E-state index is 11.8. The Balaban J connectivity index is 2.47. The Morgan fingerprint density at radius 2 is 1.89 bits per heavy atom. The first-order valence-electron chi connectivity index (χ1n) is 7.04. The highest BCUT2D eigenvalue weighted by molar-refractivity contribution is 7.88. The average Bonchev–Trinajstić information content (AvgIpc) is 2.78. The maximum absolute atomic E-state index is 11.8. The average molecular weight is 290 g/mol. The lowest BCUT2D eigenvalue weighted by Gasteiger charge is -2.26. The summed E-state index contributed by atoms with van der Waals surface area (Å²) in [5, 5.41) is 2.82. The molecule has 0 aromatic carbocycles. The van der Waals surface area contributed by atoms with Crippen LogP contribution in [0.5, 0.6) is 0 Å². The Morgan fingerprint density at radius 3 is 2.37 bits per heavy atom. The molecule has 1 saturated carbocycles. The van der Waals surface area contributed by atoms with Gasteiger partial charge in [0.15, 0.2) is 0 Å². The highest BCUT2D eigenvalue weighted by atomic mass is 32.2. The van der Waals surface area contributed by atoms with Crippen molar-refractivity contribution in [1.29, 1.82) is 0 Å². The van der Waals surface area contributed by atoms with E-state index in [1.807, 2.05) is 13.8 Å². The van der Waals surface area contributed by atoms with Crippen LogP contribution in [0, 0.1) is 5.92 Å². The van der Waals surface area contributed by atoms with Crippen molar-refractivity contribution in [3.05, 3.63) is 0 Å². The topological polar surface area (TPSA) is 66.5 Å². The molecular formula is C13H26N2O3S. The molecule has 0 aromatic heterocycles. The van der Waals surface area contributed by atoms with Crippen LogP contribution in [0.15, 0.2) is 0 Å². The summed E-state index contributed by atoms with van der Waals surface area (Å²) in [6.45, 7) is 5.00. The second-order valence-electron chi connectivity index (χ2n) is 5.76. The van der Waals surface area contributed by atoms with E-state index in [1.165, 1.54) is 10.6 Å². The first kappa shape index (κ1) is 16.4. The van der Waals surface area contributed by atoms with Gasteiger partial charge in [-0.2, -0.15) is 4.31 Å². The van der Waals surface area contributed by atoms with E-state index in [0.717, 1.165) is 25.7 Å². The molecule has 0 spiro atoms. The first-order chi connectivity index (χ1) is 8.80. The zero-order valence-electron chi connectivity index (χ0n) is 12.2. The van der Waals surface area contributed by atoms with Crippen molar-refractivity contribution in [3.63, 3.8) is 0 Å². The summed E-state index contributed by atoms with van der Waals surface area (Å²) >= 11 is 0. The third kappa shape index (κ3) is 5.91. The number of amides is 1. The number of rotatable bonds is 7. The van der Waals surface area contributed by atoms with Crippen LogP contribution in [0.3, 0.4) is 0 Å². The molecule has 5 nitrogen and oxygen atoms in total. The quantitative estimate of drug-likeness (QED) is 0.769. The predicted molar refractivity (Wildman–Crippen MR) is 76.3 cm³/mol. The summed E-state index contributed by atoms with van der Waals surface area (Å²) < 4.78 is 25.1. The molecule has 0 unspecified atom stereocenters. The van der Waals surface area contributed by atoms with Crippen LogP contribution in [0.25, 0.3) is 0 Å². The van der Waals surface area contributed by atoms with Crippen LogP contribution in [0.4, 0.5) is 0 Å². The number of nitrogens with zero attached hydrogens (tertiary/aromatic N) is 1. The van der Waals surface area contributed by atoms with Crippen molar-refractivity contribution in [2.45, 2.75) is 52.0 Å². The van der Waals surface area contributed by atoms with E-state index in [2.05, 4.69) is 5.32 Å². The van der Waals surface area contributed by atoms with Gasteiger partial charge in [-0.25, -0.2) is 8.42 Å². The normalized spacial score (nSPS) is 17.3. The lowest BCUT2D eigenvalue weighted by Crippen LogP contribution is -2.40. The van der Waals surface area contributed by atoms with Gasteiger partial charge in [0.25, 0.3) is 0 Å². The van der Waals surface area contributed by atoms with Gasteiger partial charge < -0.3 is 5.32 Å². The number of hydrogen-bond acceptors (Lipinski definition) is 3. The molecule has 0 bridgehead atoms. The van der Waals surface area contributed by atoms with Gasteiger partial charge in [0.2, 0.25) is 15.9 Å². The van der Waals surface area contributed by atoms with E-state index < -0.39 is 10.0 Å². The van der Waals surface area contributed by atoms with E-state index in [9.17, 15) is 13.2 Å². The molecule has 0 atom stereocenters. The van der Waals surface area contributed by atoms with Gasteiger partial charge in [-0.1, -0.05) is 26.7 Å². The largest absolute Gasteiger partial charge is 0.356 e. The Kier molecular flexibility index (Phi) is 6.26. The molecule has 1 aliphatic rings. The molecule has 0 radical (unpaired) electrons. The van der Waals surface area contributed by atoms with Crippen molar-refractivity contribution in [1.82, 2.24) is 9.62 Å². The van der Waals surface area contributed by atoms with Crippen LogP contribution in [-0.2, 0) is 14.8 Å². The Bertz CT molecular complexity index is 387. The zero-order valence-corrected chi connectivity index (χ0v) is 13.0. The molecule has 0 saturated heterocycles. The highest BCUT2D eigenvalue weighted by Gasteiger charge is 2.29. The Morgan fingerprint density at radius 1 is 1.32 bits per heavy atom. The third-order valence-corrected chi connectivity index (χ3v) is 4.76. The summed E-state index contributed by atoms with van der Waals surface area (Å²) in [6, 6.07) is 0.0906. The molecule has 1 amide bonds. The van der Waals surface area contributed by atoms with Gasteiger partial charge >= 0.3 is 0 Å². The van der Waals surface area contributed by atoms with Crippen LogP contribution in [0.1, 0.15) is 46.0 Å². The standard InChI is InChI=1S/C13H26N2O3S/c1-11(2)10-14-13(16)8-9-15(19(3,17)18)12-6-4-5-7-12/h11-12H,4-10H2,1-3H3,(H,14,16). The highest BCUT2D eigenvalue weighted by Crippen LogP contribution is 2.25. The summed E-state index contributed by atoms with van der Waals surface area (Å²) in [5.74, 6) is 0.338. The van der Waals surface area contributed by atoms with E-state index in [1.54, 1.807) is 0 Å². The van der Waals surface area contributed by atoms with Crippen LogP contribution in [-0.4, -0.2) is 44.0 Å². The maximum Gasteiger partial charge on any atom is 0.221 e. The number of carbonyl (C=O) groups excluding carboxylic acids is 1. The molecule has 0 heterocycles. The van der Waals surface area contributed by atoms with E-state index >= 15 is 0 Å². The van der Waals surface area contributed by atoms with Crippen LogP contribution in [0.2, 0.25) is 0 Å². The fourth-order valence-corrected chi connectivity index (χ4v) is 3.60. The van der Waals surface area contributed by atoms with Gasteiger partial charge in [0, 0.05) is 25.6 Å². The van der Waals surface area contributed by atoms with Crippen LogP contribution < -0.4 is 5.32 Å². The van der Waals surface area contributed by atoms with E-state index in [-0.39, 0.29) is 18.4 Å². The molecule has 1 fully saturated rings. The lowest BCUT2D eigenvalue weighted by atomic mass is 10.2. The molecule has 1 N–H and O–H groups in total. The fourth-order valence-electron chi connectivity index (χ4n) is 2.43. The number of hydrogen-bond donors (Lipinski definition) is 1. The SMILES string of the molecule is CC(C)CNC(=O)CCN(C1CCCC1)S(C)(=O)=O. The number of sulfonamides is 1. The molecule has 0 aromatic rings. The van der Waals surface area contributed by atoms with Crippen molar-refractivity contribution in [3.8, 4) is 0 Å². The van der Waals surface area contributed by atoms with E-state index in [0.29, 0.717) is 19.0 Å². The minimum absolute atomic E-state index is 0.0691. The van der Waals surface area contributed by atoms with Crippen molar-refractivity contribution < 1.29 is 13.2 Å². The lowest BCUT2D eigenvalue weighted by molar-refractivity contribution is -0.121. The second-order valence-corrected chi connectivity index (χ2v) is 7.69. The molecule has 1 aliphatic carbocycles. The minimum atomic E-state index is -3.22. The summed E-state index contributed by atoms with van der Waals surface area (Å²) in [5.41, 5.74) is 0. The first-order valence-corrected chi connectivity index (χ1v) is 8.89. The second kappa shape index (κ2) is 7.24. The summed E-state index contributed by atoms with van der Waals surface area (Å²) in [7, 11) is -3.22. The van der Waals surface area contributed by atoms with Gasteiger partial charge in [-0.3, -0.25) is 4.79 Å². The Labute approximate surface area is 116 Å². The van der Waals surface area contributed by atoms with Gasteiger partial charge in [-0.15, -0.1) is 0 Å². The molecule has 0 aliphatic heterocycles. The number of carbonyl (C=O) groups is 1. The fraction of sp³-hybridized carbons (Fsp3) is 0.923. The monoisotopic (exact) mass is 290 g/mol. The van der Waals surface area contributed by atoms with Gasteiger partial charge in [0.1, 0.15) is 0 Å². The predicted octanol–water partition coefficient (Wildman–Crippen LogP) is 1.35. The van der Waals surface area contributed by atoms with Gasteiger partial charge in [-0.05, 0) is 18.8 Å². The zero-order chi connectivity index (χ0) is 14.5. The van der Waals surface area contributed by atoms with Crippen molar-refractivity contribution >= 4 is 15.9 Å². The van der Waals surface area contributed by atoms with Crippen LogP contribution >= 0.6 is 0 Å². The third-order valence-electron chi connectivity index (χ3n) is 3.42. The molecule has 19 heavy (non-hydrogen) atoms. The van der Waals surface area contributed by atoms with Crippen molar-refractivity contribution in [2.24, 2.45) is 5.92 Å². The molecule has 6 heteroatoms. The molecule has 1 rings (SSSR count). The van der Waals surface area contributed by atoms with E-state index in [4.69, 9.17) is 0 Å². The summed E-state index contributed by atoms with van der Waals surface area (Å²) in [6.07, 6.45) is 5.47. The van der Waals surface area contributed by atoms with Crippen molar-refractivity contribution in [2.75, 3.05) is 19.3 Å². The Hall–Kier alpha value is -0.620. The smallest absolute Gasteiger partial charge is 0.221 e. The summed E-state index contributed by atoms with van der Waals surface area (Å²) in [4.78, 5) is 11.7. The molecular weight excluding hydrogens is 264 g/mol. The number of nitrogens with one attached hydrogen (secondary N) is 1. The molecule has 112 valence electrons.